The van der Waals surface area contributed by atoms with Crippen molar-refractivity contribution in [3.05, 3.63) is 23.3 Å². The van der Waals surface area contributed by atoms with E-state index in [9.17, 15) is 0 Å². The molecule has 1 heterocycles. The zero-order chi connectivity index (χ0) is 21.6. The monoisotopic (exact) mass is 418 g/mol. The number of benzene rings is 2. The van der Waals surface area contributed by atoms with Crippen molar-refractivity contribution in [2.45, 2.75) is 65.0 Å². The number of methoxy groups -OCH3 is 3. The Labute approximate surface area is 175 Å². The van der Waals surface area contributed by atoms with Gasteiger partial charge in [0.25, 0.3) is 0 Å². The van der Waals surface area contributed by atoms with E-state index in [1.54, 1.807) is 21.3 Å². The molecule has 0 spiro atoms. The summed E-state index contributed by atoms with van der Waals surface area (Å²) in [6, 6.07) is 4.03. The lowest BCUT2D eigenvalue weighted by Gasteiger charge is -2.36. The van der Waals surface area contributed by atoms with Crippen LogP contribution in [0.1, 0.15) is 38.8 Å². The van der Waals surface area contributed by atoms with Crippen LogP contribution in [-0.2, 0) is 17.8 Å². The first kappa shape index (κ1) is 21.8. The normalized spacial score (nSPS) is 17.1. The molecule has 1 aliphatic rings. The third-order valence-corrected chi connectivity index (χ3v) is 10.6. The Hall–Kier alpha value is -1.92. The molecule has 5 nitrogen and oxygen atoms in total. The van der Waals surface area contributed by atoms with Gasteiger partial charge in [-0.15, -0.1) is 0 Å². The zero-order valence-corrected chi connectivity index (χ0v) is 20.2. The summed E-state index contributed by atoms with van der Waals surface area (Å²) in [5.74, 6) is 3.16. The Morgan fingerprint density at radius 2 is 1.62 bits per heavy atom. The molecule has 0 radical (unpaired) electrons. The zero-order valence-electron chi connectivity index (χ0n) is 19.2. The van der Waals surface area contributed by atoms with Gasteiger partial charge in [-0.25, -0.2) is 0 Å². The predicted octanol–water partition coefficient (Wildman–Crippen LogP) is 5.71. The molecule has 0 aliphatic carbocycles. The van der Waals surface area contributed by atoms with E-state index < -0.39 is 8.32 Å². The summed E-state index contributed by atoms with van der Waals surface area (Å²) in [7, 11) is 3.08. The van der Waals surface area contributed by atoms with Crippen LogP contribution in [0, 0.1) is 0 Å². The van der Waals surface area contributed by atoms with Gasteiger partial charge in [-0.05, 0) is 31.1 Å². The molecule has 0 aromatic heterocycles. The number of hydrogen-bond donors (Lipinski definition) is 0. The fourth-order valence-electron chi connectivity index (χ4n) is 3.66. The Morgan fingerprint density at radius 1 is 0.966 bits per heavy atom. The lowest BCUT2D eigenvalue weighted by molar-refractivity contribution is 0.0390. The Kier molecular flexibility index (Phi) is 5.80. The molecule has 1 atom stereocenters. The maximum Gasteiger partial charge on any atom is 0.250 e. The lowest BCUT2D eigenvalue weighted by Crippen LogP contribution is -2.43. The van der Waals surface area contributed by atoms with Gasteiger partial charge in [-0.1, -0.05) is 20.8 Å². The molecule has 2 aromatic carbocycles. The molecule has 0 saturated carbocycles. The van der Waals surface area contributed by atoms with Gasteiger partial charge < -0.3 is 23.4 Å². The third kappa shape index (κ3) is 3.80. The second kappa shape index (κ2) is 7.72. The van der Waals surface area contributed by atoms with Crippen LogP contribution in [0.4, 0.5) is 0 Å². The molecule has 29 heavy (non-hydrogen) atoms. The molecule has 0 amide bonds. The summed E-state index contributed by atoms with van der Waals surface area (Å²) in [5, 5.41) is 1.94. The molecule has 1 aliphatic heterocycles. The van der Waals surface area contributed by atoms with E-state index in [2.05, 4.69) is 46.9 Å². The summed E-state index contributed by atoms with van der Waals surface area (Å²) in [6.07, 6.45) is 0.910. The fraction of sp³-hybridized carbons (Fsp3) is 0.565. The van der Waals surface area contributed by atoms with Crippen LogP contribution in [0.25, 0.3) is 10.8 Å². The van der Waals surface area contributed by atoms with E-state index in [1.807, 2.05) is 6.07 Å². The van der Waals surface area contributed by atoms with Gasteiger partial charge in [0.2, 0.25) is 8.32 Å². The van der Waals surface area contributed by atoms with Gasteiger partial charge in [0.05, 0.1) is 39.4 Å². The van der Waals surface area contributed by atoms with Crippen molar-refractivity contribution in [1.29, 1.82) is 0 Å². The minimum atomic E-state index is -2.01. The summed E-state index contributed by atoms with van der Waals surface area (Å²) in [4.78, 5) is 0. The molecular formula is C23H34O5Si. The van der Waals surface area contributed by atoms with Crippen LogP contribution in [0.5, 0.6) is 23.0 Å². The molecule has 0 N–H and O–H groups in total. The van der Waals surface area contributed by atoms with Crippen molar-refractivity contribution < 1.29 is 23.4 Å². The maximum atomic E-state index is 6.59. The average molecular weight is 419 g/mol. The van der Waals surface area contributed by atoms with Gasteiger partial charge in [-0.3, -0.25) is 0 Å². The summed E-state index contributed by atoms with van der Waals surface area (Å²) >= 11 is 0. The molecular weight excluding hydrogens is 384 g/mol. The van der Waals surface area contributed by atoms with Crippen molar-refractivity contribution in [2.75, 3.05) is 21.3 Å². The first-order valence-corrected chi connectivity index (χ1v) is 13.0. The molecule has 2 aromatic rings. The van der Waals surface area contributed by atoms with Crippen molar-refractivity contribution in [2.24, 2.45) is 0 Å². The van der Waals surface area contributed by atoms with Crippen molar-refractivity contribution in [3.8, 4) is 23.0 Å². The second-order valence-corrected chi connectivity index (χ2v) is 14.0. The minimum Gasteiger partial charge on any atom is -0.543 e. The predicted molar refractivity (Wildman–Crippen MR) is 119 cm³/mol. The summed E-state index contributed by atoms with van der Waals surface area (Å²) < 4.78 is 30.0. The molecule has 1 unspecified atom stereocenters. The first-order valence-electron chi connectivity index (χ1n) is 10.1. The van der Waals surface area contributed by atoms with E-state index in [1.165, 1.54) is 0 Å². The van der Waals surface area contributed by atoms with Crippen LogP contribution < -0.4 is 18.6 Å². The lowest BCUT2D eigenvalue weighted by atomic mass is 9.92. The van der Waals surface area contributed by atoms with E-state index in [0.717, 1.165) is 45.6 Å². The number of ether oxygens (including phenoxy) is 4. The van der Waals surface area contributed by atoms with Crippen molar-refractivity contribution in [3.63, 3.8) is 0 Å². The largest absolute Gasteiger partial charge is 0.543 e. The van der Waals surface area contributed by atoms with Crippen LogP contribution in [0.3, 0.4) is 0 Å². The summed E-state index contributed by atoms with van der Waals surface area (Å²) in [6.45, 7) is 13.8. The second-order valence-electron chi connectivity index (χ2n) is 9.26. The number of rotatable bonds is 5. The first-order chi connectivity index (χ1) is 13.5. The van der Waals surface area contributed by atoms with Crippen LogP contribution in [0.15, 0.2) is 12.1 Å². The Morgan fingerprint density at radius 3 is 2.17 bits per heavy atom. The fourth-order valence-corrected chi connectivity index (χ4v) is 4.67. The molecule has 0 bridgehead atoms. The molecule has 6 heteroatoms. The van der Waals surface area contributed by atoms with Crippen molar-refractivity contribution >= 4 is 19.1 Å². The van der Waals surface area contributed by atoms with E-state index in [-0.39, 0.29) is 11.1 Å². The molecule has 3 rings (SSSR count). The highest BCUT2D eigenvalue weighted by atomic mass is 28.4. The standard InChI is InChI=1S/C23H34O5Si/c1-14-10-16-18(13-27-14)22(26-7)20-17(21(16)25-6)11-15(12-19(20)24-5)28-29(8,9)23(2,3)4/h11-12,14H,10,13H2,1-9H3. The Balaban J connectivity index is 2.30. The van der Waals surface area contributed by atoms with E-state index in [0.29, 0.717) is 12.4 Å². The quantitative estimate of drug-likeness (QED) is 0.582. The summed E-state index contributed by atoms with van der Waals surface area (Å²) in [5.41, 5.74) is 2.17. The Bertz CT molecular complexity index is 914. The van der Waals surface area contributed by atoms with Crippen LogP contribution in [0.2, 0.25) is 18.1 Å². The number of fused-ring (bicyclic) bond motifs is 2. The SMILES string of the molecule is COc1c2c(c(OC)c3c(OC)cc(O[Si](C)(C)C(C)(C)C)cc13)COC(C)C2. The molecule has 160 valence electrons. The maximum absolute atomic E-state index is 6.59. The molecule has 0 fully saturated rings. The van der Waals surface area contributed by atoms with Gasteiger partial charge in [0.15, 0.2) is 0 Å². The van der Waals surface area contributed by atoms with Gasteiger partial charge in [0.1, 0.15) is 23.0 Å². The van der Waals surface area contributed by atoms with Gasteiger partial charge >= 0.3 is 0 Å². The number of hydrogen-bond acceptors (Lipinski definition) is 5. The minimum absolute atomic E-state index is 0.0968. The van der Waals surface area contributed by atoms with E-state index >= 15 is 0 Å². The third-order valence-electron chi connectivity index (χ3n) is 6.27. The topological polar surface area (TPSA) is 46.2 Å². The average Bonchev–Trinajstić information content (AvgIpc) is 2.64. The van der Waals surface area contributed by atoms with Gasteiger partial charge in [-0.2, -0.15) is 0 Å². The molecule has 0 saturated heterocycles. The highest BCUT2D eigenvalue weighted by Gasteiger charge is 2.39. The van der Waals surface area contributed by atoms with Crippen LogP contribution in [-0.4, -0.2) is 35.8 Å². The van der Waals surface area contributed by atoms with Gasteiger partial charge in [0, 0.05) is 29.0 Å². The van der Waals surface area contributed by atoms with Crippen molar-refractivity contribution in [1.82, 2.24) is 0 Å². The smallest absolute Gasteiger partial charge is 0.250 e. The van der Waals surface area contributed by atoms with Crippen LogP contribution >= 0.6 is 0 Å². The highest BCUT2D eigenvalue weighted by molar-refractivity contribution is 6.74. The highest BCUT2D eigenvalue weighted by Crippen LogP contribution is 2.49. The van der Waals surface area contributed by atoms with E-state index in [4.69, 9.17) is 23.4 Å².